The van der Waals surface area contributed by atoms with Crippen LogP contribution in [0, 0.1) is 0 Å². The van der Waals surface area contributed by atoms with Crippen LogP contribution in [-0.4, -0.2) is 11.3 Å². The van der Waals surface area contributed by atoms with E-state index < -0.39 is 5.41 Å². The lowest BCUT2D eigenvalue weighted by Crippen LogP contribution is -2.61. The van der Waals surface area contributed by atoms with Crippen molar-refractivity contribution in [2.45, 2.75) is 136 Å². The average Bonchev–Trinajstić information content (AvgIpc) is 1.34. The quantitative estimate of drug-likeness (QED) is 0.142. The van der Waals surface area contributed by atoms with E-state index in [0.29, 0.717) is 0 Å². The summed E-state index contributed by atoms with van der Waals surface area (Å²) in [4.78, 5) is 5.48. The molecule has 0 fully saturated rings. The Bertz CT molecular complexity index is 7160. The largest absolute Gasteiger partial charge is 0.455 e. The molecule has 122 heavy (non-hydrogen) atoms. The van der Waals surface area contributed by atoms with Crippen molar-refractivity contribution in [2.24, 2.45) is 0 Å². The van der Waals surface area contributed by atoms with Gasteiger partial charge in [-0.05, 0) is 192 Å². The van der Waals surface area contributed by atoms with Gasteiger partial charge in [-0.3, -0.25) is 0 Å². The van der Waals surface area contributed by atoms with Crippen LogP contribution in [0.25, 0.3) is 127 Å². The lowest BCUT2D eigenvalue weighted by Gasteiger charge is -2.46. The van der Waals surface area contributed by atoms with Gasteiger partial charge >= 0.3 is 0 Å². The summed E-state index contributed by atoms with van der Waals surface area (Å²) in [7, 11) is 0. The Kier molecular flexibility index (Phi) is 16.5. The van der Waals surface area contributed by atoms with Gasteiger partial charge in [0.15, 0.2) is 0 Å². The number of anilines is 6. The molecule has 1 spiro atoms. The topological polar surface area (TPSA) is 24.6 Å². The van der Waals surface area contributed by atoms with Crippen LogP contribution < -0.4 is 26.2 Å². The molecule has 4 nitrogen and oxygen atoms in total. The molecular weight excluding hydrogens is 1470 g/mol. The number of hydrogen-bond donors (Lipinski definition) is 0. The van der Waals surface area contributed by atoms with Crippen LogP contribution in [0.4, 0.5) is 34.1 Å². The maximum absolute atomic E-state index is 7.10. The Hall–Kier alpha value is -13.2. The van der Waals surface area contributed by atoms with E-state index in [1.165, 1.54) is 99.5 Å². The Morgan fingerprint density at radius 1 is 0.270 bits per heavy atom. The van der Waals surface area contributed by atoms with Crippen molar-refractivity contribution in [3.63, 3.8) is 0 Å². The molecule has 16 aromatic carbocycles. The number of aromatic nitrogens is 1. The molecule has 22 rings (SSSR count). The Labute approximate surface area is 718 Å². The number of fused-ring (bicyclic) bond motifs is 21. The SMILES string of the molecule is CC(C)(C)c1ccc(-c2cccc(-c3ccc(C(C)(C)C)cc3)c2N2c3ccc(-c4cccc5c4oc4ccccc45)cc3B3c4ccc(-n5c6ccccc6c6c7c(ccc65)-c5ccccc5C75c6ccccc6-c6ccccc65)cc4N(c4c(-c5ccc(C(C)(C)C)cc5)cccc4-c4ccc(C(C)(C)C)cc4)c4cc(C(C)(C)C)cc2c43)cc1. The Balaban J connectivity index is 0.889. The molecule has 0 atom stereocenters. The van der Waals surface area contributed by atoms with E-state index in [9.17, 15) is 0 Å². The highest BCUT2D eigenvalue weighted by atomic mass is 16.3. The van der Waals surface area contributed by atoms with Gasteiger partial charge in [0.25, 0.3) is 6.71 Å². The smallest absolute Gasteiger partial charge is 0.252 e. The van der Waals surface area contributed by atoms with Crippen molar-refractivity contribution in [2.75, 3.05) is 9.80 Å². The van der Waals surface area contributed by atoms with Gasteiger partial charge in [0.2, 0.25) is 0 Å². The third kappa shape index (κ3) is 11.3. The van der Waals surface area contributed by atoms with Crippen LogP contribution in [0.5, 0.6) is 0 Å². The van der Waals surface area contributed by atoms with Crippen molar-refractivity contribution in [1.82, 2.24) is 4.57 Å². The highest BCUT2D eigenvalue weighted by Crippen LogP contribution is 2.65. The molecule has 0 saturated heterocycles. The first kappa shape index (κ1) is 75.0. The van der Waals surface area contributed by atoms with Gasteiger partial charge < -0.3 is 18.8 Å². The molecule has 0 radical (unpaired) electrons. The van der Waals surface area contributed by atoms with Gasteiger partial charge in [0, 0.05) is 77.8 Å². The van der Waals surface area contributed by atoms with Gasteiger partial charge in [-0.2, -0.15) is 0 Å². The zero-order chi connectivity index (χ0) is 83.6. The van der Waals surface area contributed by atoms with Crippen LogP contribution in [0.1, 0.15) is 154 Å². The Morgan fingerprint density at radius 3 is 1.16 bits per heavy atom. The van der Waals surface area contributed by atoms with Crippen LogP contribution in [0.2, 0.25) is 0 Å². The predicted molar refractivity (Wildman–Crippen MR) is 519 cm³/mol. The van der Waals surface area contributed by atoms with Crippen molar-refractivity contribution in [3.8, 4) is 83.6 Å². The van der Waals surface area contributed by atoms with E-state index in [1.807, 2.05) is 0 Å². The molecular formula is C117H100BN3O. The second kappa shape index (κ2) is 26.9. The second-order valence-electron chi connectivity index (χ2n) is 39.9. The highest BCUT2D eigenvalue weighted by molar-refractivity contribution is 7.00. The van der Waals surface area contributed by atoms with E-state index in [4.69, 9.17) is 4.42 Å². The molecule has 4 heterocycles. The number of benzene rings is 16. The summed E-state index contributed by atoms with van der Waals surface area (Å²) >= 11 is 0. The Morgan fingerprint density at radius 2 is 0.672 bits per heavy atom. The van der Waals surface area contributed by atoms with E-state index in [0.717, 1.165) is 128 Å². The molecule has 4 aliphatic rings. The summed E-state index contributed by atoms with van der Waals surface area (Å²) in [5, 5.41) is 4.70. The minimum Gasteiger partial charge on any atom is -0.455 e. The monoisotopic (exact) mass is 1570 g/mol. The molecule has 5 heteroatoms. The summed E-state index contributed by atoms with van der Waals surface area (Å²) in [6.45, 7) is 34.8. The standard InChI is InChI=1S/C117H100BN3O/c1-112(2,3)76-54-45-71(46-55-76)82-34-26-35-83(72-47-56-77(57-48-72)113(4,5)6)109(82)120-100-65-53-75(86-38-28-39-92-90-32-20-25-44-105(90)122-111(86)92)67-98(100)118-97-64-62-81(119-99-43-24-19-33-93(99)106-101(119)66-63-91-89-31-18-23-42-96(89)117(107(91)106)94-40-21-16-29-87(94)88-30-17-22-41-95(88)117)70-102(97)121(104-69-80(116(13,14)15)68-103(120)108(104)118)110-84(73-49-58-78(59-50-73)114(7,8)9)36-27-37-85(110)74-51-60-79(61-52-74)115(10,11)12/h16-70H,1-15H3. The molecule has 0 bridgehead atoms. The highest BCUT2D eigenvalue weighted by Gasteiger charge is 2.54. The van der Waals surface area contributed by atoms with Gasteiger partial charge in [-0.25, -0.2) is 0 Å². The minimum atomic E-state index is -0.589. The molecule has 0 amide bonds. The number of para-hydroxylation sites is 5. The van der Waals surface area contributed by atoms with Crippen LogP contribution in [0.15, 0.2) is 338 Å². The molecule has 0 saturated carbocycles. The zero-order valence-corrected chi connectivity index (χ0v) is 72.6. The van der Waals surface area contributed by atoms with Crippen molar-refractivity contribution < 1.29 is 4.42 Å². The normalized spacial score (nSPS) is 13.9. The first-order chi connectivity index (χ1) is 58.7. The lowest BCUT2D eigenvalue weighted by molar-refractivity contribution is 0.590. The molecule has 18 aromatic rings. The summed E-state index contributed by atoms with van der Waals surface area (Å²) in [6.07, 6.45) is 0. The summed E-state index contributed by atoms with van der Waals surface area (Å²) in [6, 6.07) is 129. The summed E-state index contributed by atoms with van der Waals surface area (Å²) in [5.74, 6) is 0. The molecule has 0 unspecified atom stereocenters. The third-order valence-electron chi connectivity index (χ3n) is 27.4. The van der Waals surface area contributed by atoms with Crippen molar-refractivity contribution in [3.05, 3.63) is 384 Å². The van der Waals surface area contributed by atoms with E-state index in [1.54, 1.807) is 0 Å². The first-order valence-corrected chi connectivity index (χ1v) is 43.7. The van der Waals surface area contributed by atoms with Crippen LogP contribution >= 0.6 is 0 Å². The van der Waals surface area contributed by atoms with E-state index in [-0.39, 0.29) is 33.8 Å². The van der Waals surface area contributed by atoms with E-state index in [2.05, 4.69) is 452 Å². The second-order valence-corrected chi connectivity index (χ2v) is 39.9. The average molecular weight is 1570 g/mol. The van der Waals surface area contributed by atoms with Crippen molar-refractivity contribution >= 4 is 101 Å². The summed E-state index contributed by atoms with van der Waals surface area (Å²) in [5.41, 5.74) is 42.5. The predicted octanol–water partition coefficient (Wildman–Crippen LogP) is 29.9. The van der Waals surface area contributed by atoms with Crippen LogP contribution in [0.3, 0.4) is 0 Å². The number of furan rings is 1. The fourth-order valence-corrected chi connectivity index (χ4v) is 21.2. The van der Waals surface area contributed by atoms with Gasteiger partial charge in [-0.15, -0.1) is 0 Å². The van der Waals surface area contributed by atoms with E-state index >= 15 is 0 Å². The van der Waals surface area contributed by atoms with Gasteiger partial charge in [0.05, 0.1) is 27.8 Å². The maximum atomic E-state index is 7.10. The number of rotatable bonds is 8. The first-order valence-electron chi connectivity index (χ1n) is 43.7. The molecule has 592 valence electrons. The molecule has 2 aliphatic heterocycles. The van der Waals surface area contributed by atoms with Crippen LogP contribution in [-0.2, 0) is 32.5 Å². The fraction of sp³-hybridized carbons (Fsp3) is 0.179. The van der Waals surface area contributed by atoms with Gasteiger partial charge in [0.1, 0.15) is 11.2 Å². The van der Waals surface area contributed by atoms with Crippen molar-refractivity contribution in [1.29, 1.82) is 0 Å². The number of hydrogen-bond acceptors (Lipinski definition) is 3. The fourth-order valence-electron chi connectivity index (χ4n) is 21.2. The minimum absolute atomic E-state index is 0.0564. The number of nitrogens with zero attached hydrogens (tertiary/aromatic N) is 3. The molecule has 2 aliphatic carbocycles. The third-order valence-corrected chi connectivity index (χ3v) is 27.4. The molecule has 0 N–H and O–H groups in total. The maximum Gasteiger partial charge on any atom is 0.252 e. The zero-order valence-electron chi connectivity index (χ0n) is 72.6. The van der Waals surface area contributed by atoms with Gasteiger partial charge in [-0.1, -0.05) is 389 Å². The lowest BCUT2D eigenvalue weighted by atomic mass is 9.33. The molecule has 2 aromatic heterocycles. The summed E-state index contributed by atoms with van der Waals surface area (Å²) < 4.78 is 9.71.